The maximum Gasteiger partial charge on any atom is 0.420 e. The lowest BCUT2D eigenvalue weighted by Gasteiger charge is -2.34. The maximum absolute atomic E-state index is 14.7. The predicted molar refractivity (Wildman–Crippen MR) is 168 cm³/mol. The Hall–Kier alpha value is -3.89. The molecule has 2 aliphatic rings. The Balaban J connectivity index is 1.50. The molecule has 238 valence electrons. The smallest absolute Gasteiger partial charge is 0.420 e. The summed E-state index contributed by atoms with van der Waals surface area (Å²) in [6.45, 7) is 14.6. The lowest BCUT2D eigenvalue weighted by atomic mass is 9.81. The molecule has 1 saturated heterocycles. The van der Waals surface area contributed by atoms with Gasteiger partial charge in [-0.25, -0.2) is 23.9 Å². The van der Waals surface area contributed by atoms with Crippen molar-refractivity contribution in [1.82, 2.24) is 19.5 Å². The van der Waals surface area contributed by atoms with E-state index in [1.54, 1.807) is 49.2 Å². The number of nitrogens with one attached hydrogen (secondary N) is 1. The Labute approximate surface area is 258 Å². The number of benzene rings is 1. The van der Waals surface area contributed by atoms with Gasteiger partial charge in [0.25, 0.3) is 0 Å². The average Bonchev–Trinajstić information content (AvgIpc) is 3.27. The molecule has 11 heteroatoms. The number of aryl methyl sites for hydroxylation is 1. The summed E-state index contributed by atoms with van der Waals surface area (Å²) in [6, 6.07) is 6.23. The van der Waals surface area contributed by atoms with Gasteiger partial charge in [-0.2, -0.15) is 9.61 Å². The largest absolute Gasteiger partial charge is 0.444 e. The number of ether oxygens (including phenoxy) is 2. The molecule has 0 bridgehead atoms. The number of amides is 2. The van der Waals surface area contributed by atoms with Crippen LogP contribution in [0.15, 0.2) is 30.5 Å². The maximum atomic E-state index is 14.7. The summed E-state index contributed by atoms with van der Waals surface area (Å²) in [7, 11) is 0. The van der Waals surface area contributed by atoms with Crippen molar-refractivity contribution in [2.75, 3.05) is 29.9 Å². The lowest BCUT2D eigenvalue weighted by Crippen LogP contribution is -2.44. The van der Waals surface area contributed by atoms with Crippen LogP contribution in [0.2, 0.25) is 0 Å². The third-order valence-electron chi connectivity index (χ3n) is 7.86. The number of likely N-dealkylation sites (tertiary alicyclic amines) is 1. The molecule has 0 radical (unpaired) electrons. The minimum Gasteiger partial charge on any atom is -0.444 e. The first kappa shape index (κ1) is 31.5. The molecule has 1 saturated carbocycles. The molecule has 0 spiro atoms. The number of halogens is 1. The fraction of sp³-hybridized carbons (Fsp3) is 0.576. The summed E-state index contributed by atoms with van der Waals surface area (Å²) in [5.41, 5.74) is 1.33. The van der Waals surface area contributed by atoms with Crippen molar-refractivity contribution in [3.05, 3.63) is 47.4 Å². The highest BCUT2D eigenvalue weighted by Gasteiger charge is 2.32. The van der Waals surface area contributed by atoms with Gasteiger partial charge in [0.1, 0.15) is 28.7 Å². The summed E-state index contributed by atoms with van der Waals surface area (Å²) < 4.78 is 27.8. The molecule has 5 rings (SSSR count). The van der Waals surface area contributed by atoms with E-state index < -0.39 is 23.1 Å². The third kappa shape index (κ3) is 7.42. The monoisotopic (exact) mass is 608 g/mol. The number of nitrogens with zero attached hydrogens (tertiary/aromatic N) is 5. The number of fused-ring (bicyclic) bond motifs is 1. The van der Waals surface area contributed by atoms with E-state index in [2.05, 4.69) is 10.4 Å². The first-order chi connectivity index (χ1) is 20.7. The van der Waals surface area contributed by atoms with E-state index in [1.165, 1.54) is 17.0 Å². The molecule has 2 aromatic heterocycles. The summed E-state index contributed by atoms with van der Waals surface area (Å²) in [6.07, 6.45) is 5.96. The van der Waals surface area contributed by atoms with Gasteiger partial charge in [-0.3, -0.25) is 0 Å². The number of anilines is 3. The number of aromatic nitrogens is 3. The summed E-state index contributed by atoms with van der Waals surface area (Å²) >= 11 is 0. The third-order valence-corrected chi connectivity index (χ3v) is 7.86. The summed E-state index contributed by atoms with van der Waals surface area (Å²) in [5, 5.41) is 8.15. The van der Waals surface area contributed by atoms with Gasteiger partial charge in [-0.05, 0) is 110 Å². The van der Waals surface area contributed by atoms with Crippen LogP contribution in [0.1, 0.15) is 90.7 Å². The van der Waals surface area contributed by atoms with Crippen LogP contribution in [0.3, 0.4) is 0 Å². The molecule has 10 nitrogen and oxygen atoms in total. The van der Waals surface area contributed by atoms with Crippen LogP contribution in [0.5, 0.6) is 0 Å². The molecular weight excluding hydrogens is 563 g/mol. The van der Waals surface area contributed by atoms with Crippen LogP contribution in [0.4, 0.5) is 31.3 Å². The first-order valence-corrected chi connectivity index (χ1v) is 15.6. The number of carbonyl (C=O) groups is 2. The van der Waals surface area contributed by atoms with Crippen LogP contribution >= 0.6 is 0 Å². The minimum absolute atomic E-state index is 0.182. The Morgan fingerprint density at radius 1 is 1.02 bits per heavy atom. The molecule has 1 atom stereocenters. The SMILES string of the molecule is Cc1cc(F)cc(N(C(=O)OC(C)(C)C)c2cc(NC[C@H]3CCCN(C(=O)OC(C)(C)C)C3)nc3c(C4CCC4)cnn23)c1. The molecule has 0 unspecified atom stereocenters. The van der Waals surface area contributed by atoms with Crippen LogP contribution in [-0.2, 0) is 9.47 Å². The van der Waals surface area contributed by atoms with Crippen molar-refractivity contribution in [3.8, 4) is 0 Å². The van der Waals surface area contributed by atoms with Crippen LogP contribution < -0.4 is 10.2 Å². The van der Waals surface area contributed by atoms with Gasteiger partial charge in [-0.1, -0.05) is 6.42 Å². The standard InChI is InChI=1S/C33H45FN6O4/c1-21-14-24(34)16-25(15-21)39(31(42)44-33(5,6)7)28-17-27(37-29-26(19-36-40(28)29)23-11-8-12-23)35-18-22-10-9-13-38(20-22)30(41)43-32(2,3)4/h14-17,19,22-23H,8-13,18,20H2,1-7H3,(H,35,37)/t22-/m1/s1. The fourth-order valence-electron chi connectivity index (χ4n) is 5.68. The molecule has 1 aliphatic heterocycles. The van der Waals surface area contributed by atoms with E-state index in [1.807, 2.05) is 27.0 Å². The van der Waals surface area contributed by atoms with Crippen molar-refractivity contribution >= 4 is 35.2 Å². The van der Waals surface area contributed by atoms with E-state index in [-0.39, 0.29) is 12.0 Å². The molecule has 2 fully saturated rings. The fourth-order valence-corrected chi connectivity index (χ4v) is 5.68. The van der Waals surface area contributed by atoms with E-state index in [0.29, 0.717) is 54.1 Å². The van der Waals surface area contributed by atoms with Gasteiger partial charge >= 0.3 is 12.2 Å². The molecule has 1 aromatic carbocycles. The van der Waals surface area contributed by atoms with Crippen molar-refractivity contribution in [2.24, 2.45) is 5.92 Å². The second-order valence-corrected chi connectivity index (χ2v) is 14.1. The summed E-state index contributed by atoms with van der Waals surface area (Å²) in [5.74, 6) is 1.02. The van der Waals surface area contributed by atoms with Gasteiger partial charge in [0.05, 0.1) is 11.9 Å². The second kappa shape index (κ2) is 12.2. The van der Waals surface area contributed by atoms with Crippen molar-refractivity contribution < 1.29 is 23.5 Å². The molecule has 2 amide bonds. The van der Waals surface area contributed by atoms with Gasteiger partial charge in [-0.15, -0.1) is 0 Å². The zero-order valence-electron chi connectivity index (χ0n) is 26.9. The molecule has 44 heavy (non-hydrogen) atoms. The second-order valence-electron chi connectivity index (χ2n) is 14.1. The number of hydrogen-bond donors (Lipinski definition) is 1. The minimum atomic E-state index is -0.785. The number of hydrogen-bond acceptors (Lipinski definition) is 7. The topological polar surface area (TPSA) is 101 Å². The van der Waals surface area contributed by atoms with E-state index in [4.69, 9.17) is 14.5 Å². The molecule has 1 aliphatic carbocycles. The van der Waals surface area contributed by atoms with Crippen LogP contribution in [0.25, 0.3) is 5.65 Å². The normalized spacial score (nSPS) is 17.7. The number of carbonyl (C=O) groups excluding carboxylic acids is 2. The highest BCUT2D eigenvalue weighted by molar-refractivity contribution is 5.96. The van der Waals surface area contributed by atoms with E-state index in [9.17, 15) is 14.0 Å². The zero-order valence-corrected chi connectivity index (χ0v) is 26.9. The van der Waals surface area contributed by atoms with Gasteiger partial charge < -0.3 is 19.7 Å². The van der Waals surface area contributed by atoms with Gasteiger partial charge in [0, 0.05) is 31.3 Å². The Kier molecular flexibility index (Phi) is 8.77. The van der Waals surface area contributed by atoms with Crippen molar-refractivity contribution in [2.45, 2.75) is 97.7 Å². The molecular formula is C33H45FN6O4. The number of rotatable bonds is 6. The molecule has 1 N–H and O–H groups in total. The Bertz CT molecular complexity index is 1500. The van der Waals surface area contributed by atoms with Crippen LogP contribution in [-0.4, -0.2) is 62.5 Å². The van der Waals surface area contributed by atoms with Crippen molar-refractivity contribution in [1.29, 1.82) is 0 Å². The predicted octanol–water partition coefficient (Wildman–Crippen LogP) is 7.58. The quantitative estimate of drug-likeness (QED) is 0.308. The lowest BCUT2D eigenvalue weighted by molar-refractivity contribution is 0.0172. The highest BCUT2D eigenvalue weighted by Crippen LogP contribution is 2.40. The van der Waals surface area contributed by atoms with Gasteiger partial charge in [0.2, 0.25) is 0 Å². The Morgan fingerprint density at radius 3 is 2.39 bits per heavy atom. The van der Waals surface area contributed by atoms with Crippen molar-refractivity contribution in [3.63, 3.8) is 0 Å². The van der Waals surface area contributed by atoms with Gasteiger partial charge in [0.15, 0.2) is 5.65 Å². The molecule has 3 heterocycles. The van der Waals surface area contributed by atoms with E-state index in [0.717, 1.165) is 37.7 Å². The zero-order chi connectivity index (χ0) is 31.8. The summed E-state index contributed by atoms with van der Waals surface area (Å²) in [4.78, 5) is 34.6. The number of piperidine rings is 1. The first-order valence-electron chi connectivity index (χ1n) is 15.6. The van der Waals surface area contributed by atoms with E-state index >= 15 is 0 Å². The Morgan fingerprint density at radius 2 is 1.75 bits per heavy atom. The average molecular weight is 609 g/mol. The molecule has 3 aromatic rings. The van der Waals surface area contributed by atoms with Crippen LogP contribution in [0, 0.1) is 18.7 Å². The highest BCUT2D eigenvalue weighted by atomic mass is 19.1.